The highest BCUT2D eigenvalue weighted by molar-refractivity contribution is 7.13. The average molecular weight is 545 g/mol. The molecule has 12 heteroatoms. The highest BCUT2D eigenvalue weighted by atomic mass is 35.5. The Morgan fingerprint density at radius 2 is 1.95 bits per heavy atom. The van der Waals surface area contributed by atoms with E-state index in [0.29, 0.717) is 39.5 Å². The Morgan fingerprint density at radius 3 is 2.76 bits per heavy atom. The van der Waals surface area contributed by atoms with Crippen molar-refractivity contribution in [2.45, 2.75) is 13.0 Å². The fourth-order valence-electron chi connectivity index (χ4n) is 3.52. The third-order valence-corrected chi connectivity index (χ3v) is 6.49. The number of carbonyl (C=O) groups excluding carboxylic acids is 3. The van der Waals surface area contributed by atoms with Gasteiger partial charge in [-0.1, -0.05) is 29.8 Å². The van der Waals surface area contributed by atoms with Crippen LogP contribution in [0.1, 0.15) is 21.6 Å². The lowest BCUT2D eigenvalue weighted by Gasteiger charge is -2.22. The molecule has 0 radical (unpaired) electrons. The van der Waals surface area contributed by atoms with Gasteiger partial charge in [-0.05, 0) is 29.8 Å². The monoisotopic (exact) mass is 544 g/mol. The first kappa shape index (κ1) is 26.4. The molecule has 10 nitrogen and oxygen atoms in total. The van der Waals surface area contributed by atoms with Gasteiger partial charge in [-0.15, -0.1) is 11.3 Å². The summed E-state index contributed by atoms with van der Waals surface area (Å²) in [6.07, 6.45) is 0.0574. The number of amides is 3. The van der Waals surface area contributed by atoms with E-state index in [0.717, 1.165) is 5.56 Å². The van der Waals surface area contributed by atoms with Crippen molar-refractivity contribution in [3.8, 4) is 11.5 Å². The Hall–Kier alpha value is -3.67. The van der Waals surface area contributed by atoms with Crippen LogP contribution in [0.5, 0.6) is 11.5 Å². The van der Waals surface area contributed by atoms with Crippen molar-refractivity contribution in [1.82, 2.24) is 15.2 Å². The molecule has 0 spiro atoms. The van der Waals surface area contributed by atoms with Gasteiger partial charge in [0.25, 0.3) is 5.91 Å². The van der Waals surface area contributed by atoms with Crippen LogP contribution in [0.3, 0.4) is 0 Å². The van der Waals surface area contributed by atoms with E-state index < -0.39 is 5.91 Å². The number of fused-ring (bicyclic) bond motifs is 1. The smallest absolute Gasteiger partial charge is 0.255 e. The summed E-state index contributed by atoms with van der Waals surface area (Å²) in [6, 6.07) is 12.1. The highest BCUT2D eigenvalue weighted by Gasteiger charge is 2.21. The Kier molecular flexibility index (Phi) is 8.94. The standard InChI is InChI=1S/C25H25ClN4O6S/c1-34-9-8-30(24(33)18-4-2-3-5-19(18)26)13-23(32)29-25-28-17(14-37-25)11-22(31)27-12-16-6-7-20-21(10-16)36-15-35-20/h2-7,10,14H,8-9,11-13,15H2,1H3,(H,27,31)(H,28,29,32). The number of nitrogens with zero attached hydrogens (tertiary/aromatic N) is 2. The fraction of sp³-hybridized carbons (Fsp3) is 0.280. The first-order valence-electron chi connectivity index (χ1n) is 11.3. The molecule has 4 rings (SSSR count). The third-order valence-electron chi connectivity index (χ3n) is 5.36. The number of thiazole rings is 1. The zero-order valence-corrected chi connectivity index (χ0v) is 21.6. The number of carbonyl (C=O) groups is 3. The topological polar surface area (TPSA) is 119 Å². The summed E-state index contributed by atoms with van der Waals surface area (Å²) in [6.45, 7) is 0.780. The molecule has 194 valence electrons. The maximum Gasteiger partial charge on any atom is 0.255 e. The van der Waals surface area contributed by atoms with Crippen LogP contribution < -0.4 is 20.1 Å². The van der Waals surface area contributed by atoms with Crippen LogP contribution in [0.25, 0.3) is 0 Å². The number of aromatic nitrogens is 1. The van der Waals surface area contributed by atoms with Crippen LogP contribution >= 0.6 is 22.9 Å². The number of nitrogens with one attached hydrogen (secondary N) is 2. The minimum absolute atomic E-state index is 0.0574. The molecule has 2 heterocycles. The first-order valence-corrected chi connectivity index (χ1v) is 12.6. The molecule has 1 aliphatic rings. The number of hydrogen-bond donors (Lipinski definition) is 2. The van der Waals surface area contributed by atoms with Crippen molar-refractivity contribution >= 4 is 45.8 Å². The molecule has 1 aromatic heterocycles. The Labute approximate surface area is 222 Å². The van der Waals surface area contributed by atoms with Gasteiger partial charge in [0.1, 0.15) is 6.54 Å². The quantitative estimate of drug-likeness (QED) is 0.380. The van der Waals surface area contributed by atoms with Gasteiger partial charge < -0.3 is 29.7 Å². The SMILES string of the molecule is COCCN(CC(=O)Nc1nc(CC(=O)NCc2ccc3c(c2)OCO3)cs1)C(=O)c1ccccc1Cl. The summed E-state index contributed by atoms with van der Waals surface area (Å²) in [5, 5.41) is 7.87. The van der Waals surface area contributed by atoms with Gasteiger partial charge in [0.05, 0.1) is 29.3 Å². The normalized spacial score (nSPS) is 11.7. The van der Waals surface area contributed by atoms with E-state index >= 15 is 0 Å². The van der Waals surface area contributed by atoms with Crippen molar-refractivity contribution < 1.29 is 28.6 Å². The molecule has 1 aliphatic heterocycles. The maximum absolute atomic E-state index is 12.9. The lowest BCUT2D eigenvalue weighted by Crippen LogP contribution is -2.40. The summed E-state index contributed by atoms with van der Waals surface area (Å²) < 4.78 is 15.7. The lowest BCUT2D eigenvalue weighted by atomic mass is 10.2. The Balaban J connectivity index is 1.28. The zero-order chi connectivity index (χ0) is 26.2. The van der Waals surface area contributed by atoms with Gasteiger partial charge in [-0.25, -0.2) is 4.98 Å². The average Bonchev–Trinajstić information content (AvgIpc) is 3.54. The second-order valence-electron chi connectivity index (χ2n) is 8.03. The molecular weight excluding hydrogens is 520 g/mol. The molecule has 0 fully saturated rings. The van der Waals surface area contributed by atoms with Crippen LogP contribution in [-0.4, -0.2) is 61.2 Å². The van der Waals surface area contributed by atoms with E-state index in [4.69, 9.17) is 25.8 Å². The van der Waals surface area contributed by atoms with Crippen LogP contribution in [0, 0.1) is 0 Å². The number of methoxy groups -OCH3 is 1. The summed E-state index contributed by atoms with van der Waals surface area (Å²) in [7, 11) is 1.51. The predicted octanol–water partition coefficient (Wildman–Crippen LogP) is 3.11. The van der Waals surface area contributed by atoms with Crippen LogP contribution in [0.2, 0.25) is 5.02 Å². The van der Waals surface area contributed by atoms with Gasteiger partial charge in [-0.2, -0.15) is 0 Å². The van der Waals surface area contributed by atoms with Crippen molar-refractivity contribution in [2.75, 3.05) is 38.9 Å². The van der Waals surface area contributed by atoms with Gasteiger partial charge in [0.15, 0.2) is 16.6 Å². The van der Waals surface area contributed by atoms with Crippen LogP contribution in [-0.2, 0) is 27.3 Å². The van der Waals surface area contributed by atoms with E-state index in [9.17, 15) is 14.4 Å². The molecule has 0 bridgehead atoms. The summed E-state index contributed by atoms with van der Waals surface area (Å²) >= 11 is 7.35. The fourth-order valence-corrected chi connectivity index (χ4v) is 4.46. The Bertz CT molecular complexity index is 1280. The van der Waals surface area contributed by atoms with Crippen LogP contribution in [0.15, 0.2) is 47.8 Å². The molecule has 3 aromatic rings. The molecule has 3 amide bonds. The largest absolute Gasteiger partial charge is 0.454 e. The molecule has 0 unspecified atom stereocenters. The number of halogens is 1. The molecule has 0 saturated heterocycles. The number of rotatable bonds is 11. The number of benzene rings is 2. The van der Waals surface area contributed by atoms with E-state index in [1.807, 2.05) is 12.1 Å². The lowest BCUT2D eigenvalue weighted by molar-refractivity contribution is -0.120. The molecule has 0 aliphatic carbocycles. The predicted molar refractivity (Wildman–Crippen MR) is 138 cm³/mol. The molecule has 37 heavy (non-hydrogen) atoms. The number of hydrogen-bond acceptors (Lipinski definition) is 8. The van der Waals surface area contributed by atoms with Crippen molar-refractivity contribution in [1.29, 1.82) is 0 Å². The van der Waals surface area contributed by atoms with E-state index in [1.54, 1.807) is 35.7 Å². The molecular formula is C25H25ClN4O6S. The van der Waals surface area contributed by atoms with Gasteiger partial charge in [0.2, 0.25) is 18.6 Å². The number of ether oxygens (including phenoxy) is 3. The molecule has 0 atom stereocenters. The van der Waals surface area contributed by atoms with Crippen molar-refractivity contribution in [3.63, 3.8) is 0 Å². The second kappa shape index (κ2) is 12.5. The van der Waals surface area contributed by atoms with Gasteiger partial charge in [0, 0.05) is 25.6 Å². The molecule has 0 saturated carbocycles. The first-order chi connectivity index (χ1) is 17.9. The maximum atomic E-state index is 12.9. The second-order valence-corrected chi connectivity index (χ2v) is 9.30. The van der Waals surface area contributed by atoms with Crippen LogP contribution in [0.4, 0.5) is 5.13 Å². The van der Waals surface area contributed by atoms with Crippen molar-refractivity contribution in [3.05, 3.63) is 69.7 Å². The van der Waals surface area contributed by atoms with Gasteiger partial charge in [-0.3, -0.25) is 14.4 Å². The summed E-state index contributed by atoms with van der Waals surface area (Å²) in [5.41, 5.74) is 1.71. The minimum atomic E-state index is -0.426. The van der Waals surface area contributed by atoms with Gasteiger partial charge >= 0.3 is 0 Å². The van der Waals surface area contributed by atoms with E-state index in [2.05, 4.69) is 15.6 Å². The zero-order valence-electron chi connectivity index (χ0n) is 20.0. The highest BCUT2D eigenvalue weighted by Crippen LogP contribution is 2.32. The van der Waals surface area contributed by atoms with E-state index in [-0.39, 0.29) is 44.7 Å². The molecule has 2 aromatic carbocycles. The van der Waals surface area contributed by atoms with E-state index in [1.165, 1.54) is 23.3 Å². The Morgan fingerprint density at radius 1 is 1.14 bits per heavy atom. The summed E-state index contributed by atoms with van der Waals surface area (Å²) in [5.74, 6) is 0.321. The summed E-state index contributed by atoms with van der Waals surface area (Å²) in [4.78, 5) is 43.7. The minimum Gasteiger partial charge on any atom is -0.454 e. The third kappa shape index (κ3) is 7.19. The van der Waals surface area contributed by atoms with Crippen molar-refractivity contribution in [2.24, 2.45) is 0 Å². The molecule has 2 N–H and O–H groups in total. The number of anilines is 1.